The molecule has 100 valence electrons. The fraction of sp³-hybridized carbons (Fsp3) is 0.538. The summed E-state index contributed by atoms with van der Waals surface area (Å²) in [7, 11) is 0.983. The van der Waals surface area contributed by atoms with E-state index in [4.69, 9.17) is 4.74 Å². The Morgan fingerprint density at radius 3 is 2.83 bits per heavy atom. The van der Waals surface area contributed by atoms with E-state index in [1.807, 2.05) is 6.07 Å². The van der Waals surface area contributed by atoms with E-state index in [0.717, 1.165) is 35.7 Å². The highest BCUT2D eigenvalue weighted by Gasteiger charge is 2.17. The zero-order chi connectivity index (χ0) is 13.0. The quantitative estimate of drug-likeness (QED) is 0.867. The van der Waals surface area contributed by atoms with Gasteiger partial charge in [0.15, 0.2) is 0 Å². The lowest BCUT2D eigenvalue weighted by atomic mass is 10.1. The summed E-state index contributed by atoms with van der Waals surface area (Å²) in [4.78, 5) is 0. The Balaban J connectivity index is 1.91. The number of ether oxygens (including phenoxy) is 1. The van der Waals surface area contributed by atoms with Gasteiger partial charge in [0.1, 0.15) is 11.5 Å². The zero-order valence-electron chi connectivity index (χ0n) is 10.5. The summed E-state index contributed by atoms with van der Waals surface area (Å²) in [6.45, 7) is 0.611. The topological polar surface area (TPSA) is 58.6 Å². The molecule has 0 radical (unpaired) electrons. The zero-order valence-corrected chi connectivity index (χ0v) is 11.3. The molecule has 2 rings (SSSR count). The highest BCUT2D eigenvalue weighted by Crippen LogP contribution is 2.23. The van der Waals surface area contributed by atoms with Crippen LogP contribution < -0.4 is 10.1 Å². The summed E-state index contributed by atoms with van der Waals surface area (Å²) in [6.07, 6.45) is 1.88. The van der Waals surface area contributed by atoms with Gasteiger partial charge in [-0.15, -0.1) is 0 Å². The Hall–Kier alpha value is -1.07. The molecule has 18 heavy (non-hydrogen) atoms. The van der Waals surface area contributed by atoms with Crippen molar-refractivity contribution < 1.29 is 14.1 Å². The van der Waals surface area contributed by atoms with E-state index < -0.39 is 10.8 Å². The van der Waals surface area contributed by atoms with Crippen molar-refractivity contribution in [3.05, 3.63) is 23.8 Å². The van der Waals surface area contributed by atoms with Gasteiger partial charge in [-0.25, -0.2) is 0 Å². The number of phenolic OH excluding ortho intramolecular Hbond substituents is 1. The first kappa shape index (κ1) is 13.4. The van der Waals surface area contributed by atoms with E-state index >= 15 is 0 Å². The summed E-state index contributed by atoms with van der Waals surface area (Å²) in [6, 6.07) is 5.62. The second-order valence-electron chi connectivity index (χ2n) is 4.50. The third-order valence-corrected chi connectivity index (χ3v) is 4.64. The number of hydrogen-bond donors (Lipinski definition) is 2. The molecule has 0 bridgehead atoms. The number of hydrogen-bond acceptors (Lipinski definition) is 4. The summed E-state index contributed by atoms with van der Waals surface area (Å²) >= 11 is 0. The van der Waals surface area contributed by atoms with Gasteiger partial charge in [-0.05, 0) is 31.0 Å². The Kier molecular flexibility index (Phi) is 4.60. The largest absolute Gasteiger partial charge is 0.508 e. The lowest BCUT2D eigenvalue weighted by molar-refractivity contribution is 0.408. The predicted molar refractivity (Wildman–Crippen MR) is 72.4 cm³/mol. The molecule has 1 aromatic carbocycles. The number of phenols is 1. The van der Waals surface area contributed by atoms with Crippen molar-refractivity contribution in [1.82, 2.24) is 5.32 Å². The lowest BCUT2D eigenvalue weighted by Crippen LogP contribution is -2.35. The first-order valence-corrected chi connectivity index (χ1v) is 7.62. The van der Waals surface area contributed by atoms with Gasteiger partial charge in [0, 0.05) is 40.5 Å². The molecule has 0 amide bonds. The summed E-state index contributed by atoms with van der Waals surface area (Å²) in [5.74, 6) is 2.58. The maximum atomic E-state index is 11.2. The molecule has 0 unspecified atom stereocenters. The smallest absolute Gasteiger partial charge is 0.120 e. The molecule has 1 heterocycles. The van der Waals surface area contributed by atoms with Crippen LogP contribution in [0.5, 0.6) is 11.5 Å². The van der Waals surface area contributed by atoms with E-state index in [9.17, 15) is 9.32 Å². The molecule has 1 aliphatic rings. The number of benzene rings is 1. The van der Waals surface area contributed by atoms with E-state index in [1.165, 1.54) is 0 Å². The third kappa shape index (κ3) is 3.46. The fourth-order valence-electron chi connectivity index (χ4n) is 2.08. The van der Waals surface area contributed by atoms with Crippen LogP contribution in [0.25, 0.3) is 0 Å². The molecule has 1 fully saturated rings. The third-order valence-electron chi connectivity index (χ3n) is 3.26. The number of aromatic hydroxyl groups is 1. The minimum absolute atomic E-state index is 0.280. The molecule has 0 saturated carbocycles. The fourth-order valence-corrected chi connectivity index (χ4v) is 3.38. The van der Waals surface area contributed by atoms with Crippen molar-refractivity contribution in [3.63, 3.8) is 0 Å². The van der Waals surface area contributed by atoms with Crippen LogP contribution >= 0.6 is 0 Å². The SMILES string of the molecule is COc1ccc(O)c(CNC2CCS(=O)CC2)c1. The van der Waals surface area contributed by atoms with Gasteiger partial charge in [-0.1, -0.05) is 0 Å². The predicted octanol–water partition coefficient (Wildman–Crippen LogP) is 1.40. The maximum absolute atomic E-state index is 11.2. The molecular weight excluding hydrogens is 250 g/mol. The van der Waals surface area contributed by atoms with E-state index in [0.29, 0.717) is 12.6 Å². The normalized spacial score (nSPS) is 23.8. The standard InChI is InChI=1S/C13H19NO3S/c1-17-12-2-3-13(15)10(8-12)9-14-11-4-6-18(16)7-5-11/h2-3,8,11,14-15H,4-7,9H2,1H3. The minimum atomic E-state index is -0.628. The van der Waals surface area contributed by atoms with E-state index in [1.54, 1.807) is 19.2 Å². The highest BCUT2D eigenvalue weighted by molar-refractivity contribution is 7.85. The van der Waals surface area contributed by atoms with Crippen LogP contribution in [0.1, 0.15) is 18.4 Å². The van der Waals surface area contributed by atoms with Gasteiger partial charge >= 0.3 is 0 Å². The first-order valence-electron chi connectivity index (χ1n) is 6.13. The van der Waals surface area contributed by atoms with Crippen molar-refractivity contribution in [2.45, 2.75) is 25.4 Å². The van der Waals surface area contributed by atoms with Crippen LogP contribution in [0, 0.1) is 0 Å². The highest BCUT2D eigenvalue weighted by atomic mass is 32.2. The van der Waals surface area contributed by atoms with Gasteiger partial charge < -0.3 is 15.2 Å². The Morgan fingerprint density at radius 1 is 1.44 bits per heavy atom. The molecule has 0 atom stereocenters. The Morgan fingerprint density at radius 2 is 2.17 bits per heavy atom. The average molecular weight is 269 g/mol. The molecule has 5 heteroatoms. The van der Waals surface area contributed by atoms with E-state index in [-0.39, 0.29) is 5.75 Å². The Bertz CT molecular complexity index is 426. The van der Waals surface area contributed by atoms with Crippen molar-refractivity contribution in [2.24, 2.45) is 0 Å². The van der Waals surface area contributed by atoms with Crippen LogP contribution in [0.4, 0.5) is 0 Å². The first-order chi connectivity index (χ1) is 8.69. The van der Waals surface area contributed by atoms with Gasteiger partial charge in [0.25, 0.3) is 0 Å². The lowest BCUT2D eigenvalue weighted by Gasteiger charge is -2.22. The number of rotatable bonds is 4. The summed E-state index contributed by atoms with van der Waals surface area (Å²) < 4.78 is 16.4. The molecule has 1 aromatic rings. The van der Waals surface area contributed by atoms with Crippen molar-refractivity contribution >= 4 is 10.8 Å². The molecule has 4 nitrogen and oxygen atoms in total. The monoisotopic (exact) mass is 269 g/mol. The summed E-state index contributed by atoms with van der Waals surface area (Å²) in [5, 5.41) is 13.2. The minimum Gasteiger partial charge on any atom is -0.508 e. The summed E-state index contributed by atoms with van der Waals surface area (Å²) in [5.41, 5.74) is 0.834. The van der Waals surface area contributed by atoms with Crippen molar-refractivity contribution in [3.8, 4) is 11.5 Å². The molecular formula is C13H19NO3S. The molecule has 2 N–H and O–H groups in total. The molecule has 0 spiro atoms. The Labute approximate surface area is 110 Å². The van der Waals surface area contributed by atoms with Crippen molar-refractivity contribution in [2.75, 3.05) is 18.6 Å². The van der Waals surface area contributed by atoms with Crippen molar-refractivity contribution in [1.29, 1.82) is 0 Å². The van der Waals surface area contributed by atoms with Gasteiger partial charge in [-0.3, -0.25) is 4.21 Å². The van der Waals surface area contributed by atoms with Crippen LogP contribution in [0.2, 0.25) is 0 Å². The van der Waals surface area contributed by atoms with Gasteiger partial charge in [0.05, 0.1) is 7.11 Å². The van der Waals surface area contributed by atoms with Crippen LogP contribution in [-0.4, -0.2) is 34.0 Å². The van der Waals surface area contributed by atoms with Gasteiger partial charge in [-0.2, -0.15) is 0 Å². The number of nitrogens with one attached hydrogen (secondary N) is 1. The maximum Gasteiger partial charge on any atom is 0.120 e. The molecule has 0 aliphatic carbocycles. The number of methoxy groups -OCH3 is 1. The molecule has 1 aliphatic heterocycles. The molecule has 0 aromatic heterocycles. The van der Waals surface area contributed by atoms with Gasteiger partial charge in [0.2, 0.25) is 0 Å². The second kappa shape index (κ2) is 6.20. The van der Waals surface area contributed by atoms with E-state index in [2.05, 4.69) is 5.32 Å². The second-order valence-corrected chi connectivity index (χ2v) is 6.19. The average Bonchev–Trinajstić information content (AvgIpc) is 2.40. The van der Waals surface area contributed by atoms with Crippen LogP contribution in [-0.2, 0) is 17.3 Å². The van der Waals surface area contributed by atoms with Crippen LogP contribution in [0.3, 0.4) is 0 Å². The molecule has 1 saturated heterocycles. The van der Waals surface area contributed by atoms with Crippen LogP contribution in [0.15, 0.2) is 18.2 Å².